The number of carbonyl (C=O) groups is 2. The lowest BCUT2D eigenvalue weighted by molar-refractivity contribution is -0.125. The van der Waals surface area contributed by atoms with Gasteiger partial charge in [-0.3, -0.25) is 19.9 Å². The summed E-state index contributed by atoms with van der Waals surface area (Å²) in [7, 11) is 0. The fourth-order valence-corrected chi connectivity index (χ4v) is 3.16. The number of fused-ring (bicyclic) bond motifs is 1. The van der Waals surface area contributed by atoms with Gasteiger partial charge in [-0.05, 0) is 49.2 Å². The highest BCUT2D eigenvalue weighted by Crippen LogP contribution is 2.27. The maximum Gasteiger partial charge on any atom is 0.249 e. The first-order chi connectivity index (χ1) is 13.0. The maximum atomic E-state index is 12.9. The maximum absolute atomic E-state index is 12.9. The van der Waals surface area contributed by atoms with Gasteiger partial charge >= 0.3 is 0 Å². The van der Waals surface area contributed by atoms with E-state index in [1.165, 1.54) is 4.68 Å². The first kappa shape index (κ1) is 16.9. The van der Waals surface area contributed by atoms with E-state index in [1.54, 1.807) is 18.5 Å². The molecular formula is C19H18N6O2. The molecule has 2 N–H and O–H groups in total. The van der Waals surface area contributed by atoms with Crippen LogP contribution in [0, 0.1) is 13.8 Å². The topological polar surface area (TPSA) is 102 Å². The molecule has 0 fully saturated rings. The number of benzene rings is 1. The quantitative estimate of drug-likeness (QED) is 0.745. The molecule has 0 radical (unpaired) electrons. The van der Waals surface area contributed by atoms with Crippen molar-refractivity contribution in [2.24, 2.45) is 0 Å². The molecule has 136 valence electrons. The molecule has 0 spiro atoms. The molecule has 0 saturated heterocycles. The van der Waals surface area contributed by atoms with Gasteiger partial charge in [-0.25, -0.2) is 4.68 Å². The molecule has 1 unspecified atom stereocenters. The van der Waals surface area contributed by atoms with Crippen molar-refractivity contribution in [2.45, 2.75) is 26.3 Å². The van der Waals surface area contributed by atoms with Crippen molar-refractivity contribution in [2.75, 3.05) is 10.6 Å². The fraction of sp³-hybridized carbons (Fsp3) is 0.211. The second-order valence-electron chi connectivity index (χ2n) is 6.58. The highest BCUT2D eigenvalue weighted by molar-refractivity contribution is 6.00. The van der Waals surface area contributed by atoms with Crippen LogP contribution in [0.1, 0.15) is 23.6 Å². The number of hydrogen-bond donors (Lipinski definition) is 2. The fourth-order valence-electron chi connectivity index (χ4n) is 3.16. The number of nitrogens with one attached hydrogen (secondary N) is 2. The Morgan fingerprint density at radius 2 is 2.04 bits per heavy atom. The summed E-state index contributed by atoms with van der Waals surface area (Å²) < 4.78 is 1.46. The number of nitrogens with zero attached hydrogens (tertiary/aromatic N) is 4. The minimum atomic E-state index is -0.771. The zero-order chi connectivity index (χ0) is 19.0. The molecule has 27 heavy (non-hydrogen) atoms. The Bertz CT molecular complexity index is 1010. The lowest BCUT2D eigenvalue weighted by atomic mass is 10.1. The molecule has 1 atom stereocenters. The molecule has 0 saturated carbocycles. The number of aromatic nitrogens is 4. The van der Waals surface area contributed by atoms with Crippen molar-refractivity contribution < 1.29 is 9.59 Å². The van der Waals surface area contributed by atoms with Crippen molar-refractivity contribution >= 4 is 23.5 Å². The van der Waals surface area contributed by atoms with E-state index in [0.29, 0.717) is 17.1 Å². The highest BCUT2D eigenvalue weighted by atomic mass is 16.2. The largest absolute Gasteiger partial charge is 0.324 e. The monoisotopic (exact) mass is 362 g/mol. The summed E-state index contributed by atoms with van der Waals surface area (Å²) in [6.45, 7) is 3.93. The number of pyridine rings is 1. The summed E-state index contributed by atoms with van der Waals surface area (Å²) in [6, 6.07) is 8.62. The molecular weight excluding hydrogens is 344 g/mol. The van der Waals surface area contributed by atoms with Crippen LogP contribution in [0.5, 0.6) is 0 Å². The first-order valence-electron chi connectivity index (χ1n) is 8.55. The van der Waals surface area contributed by atoms with Gasteiger partial charge in [-0.1, -0.05) is 6.07 Å². The highest BCUT2D eigenvalue weighted by Gasteiger charge is 2.33. The second-order valence-corrected chi connectivity index (χ2v) is 6.58. The normalized spacial score (nSPS) is 15.8. The van der Waals surface area contributed by atoms with E-state index in [0.717, 1.165) is 11.1 Å². The van der Waals surface area contributed by atoms with Gasteiger partial charge in [0.1, 0.15) is 6.04 Å². The van der Waals surface area contributed by atoms with E-state index in [-0.39, 0.29) is 24.2 Å². The van der Waals surface area contributed by atoms with Crippen LogP contribution in [0.4, 0.5) is 11.6 Å². The third-order valence-corrected chi connectivity index (χ3v) is 4.27. The lowest BCUT2D eigenvalue weighted by Crippen LogP contribution is -2.36. The van der Waals surface area contributed by atoms with Gasteiger partial charge in [-0.2, -0.15) is 4.98 Å². The standard InChI is InChI=1S/C19H18N6O2/c1-11-6-12(2)8-14(7-11)21-18(27)15-9-16(26)22-19-23-17(24-25(15)19)13-4-3-5-20-10-13/h3-8,10,15H,9H2,1-2H3,(H,21,27)(H,22,23,24,26). The van der Waals surface area contributed by atoms with Gasteiger partial charge in [0, 0.05) is 23.6 Å². The van der Waals surface area contributed by atoms with E-state index in [1.807, 2.05) is 38.1 Å². The number of amides is 2. The molecule has 1 aliphatic heterocycles. The summed E-state index contributed by atoms with van der Waals surface area (Å²) >= 11 is 0. The molecule has 8 heteroatoms. The van der Waals surface area contributed by atoms with Gasteiger partial charge in [0.05, 0.1) is 6.42 Å². The predicted molar refractivity (Wildman–Crippen MR) is 100 cm³/mol. The second kappa shape index (κ2) is 6.64. The van der Waals surface area contributed by atoms with E-state index < -0.39 is 6.04 Å². The Morgan fingerprint density at radius 1 is 1.26 bits per heavy atom. The third kappa shape index (κ3) is 3.41. The van der Waals surface area contributed by atoms with Crippen LogP contribution in [-0.4, -0.2) is 31.6 Å². The van der Waals surface area contributed by atoms with Gasteiger partial charge in [0.25, 0.3) is 0 Å². The van der Waals surface area contributed by atoms with Crippen LogP contribution in [0.3, 0.4) is 0 Å². The van der Waals surface area contributed by atoms with Crippen molar-refractivity contribution in [3.05, 3.63) is 53.9 Å². The zero-order valence-electron chi connectivity index (χ0n) is 14.9. The van der Waals surface area contributed by atoms with Crippen molar-refractivity contribution in [3.63, 3.8) is 0 Å². The molecule has 2 aromatic heterocycles. The van der Waals surface area contributed by atoms with Gasteiger partial charge < -0.3 is 5.32 Å². The Morgan fingerprint density at radius 3 is 2.74 bits per heavy atom. The molecule has 0 bridgehead atoms. The molecule has 8 nitrogen and oxygen atoms in total. The summed E-state index contributed by atoms with van der Waals surface area (Å²) in [5.74, 6) is 0.0853. The summed E-state index contributed by atoms with van der Waals surface area (Å²) in [6.07, 6.45) is 3.29. The van der Waals surface area contributed by atoms with Crippen LogP contribution in [0.15, 0.2) is 42.7 Å². The Hall–Kier alpha value is -3.55. The number of carbonyl (C=O) groups excluding carboxylic acids is 2. The number of anilines is 2. The summed E-state index contributed by atoms with van der Waals surface area (Å²) in [5, 5.41) is 9.98. The van der Waals surface area contributed by atoms with E-state index >= 15 is 0 Å². The Balaban J connectivity index is 1.65. The molecule has 3 heterocycles. The van der Waals surface area contributed by atoms with Gasteiger partial charge in [0.15, 0.2) is 5.82 Å². The van der Waals surface area contributed by atoms with Crippen LogP contribution in [-0.2, 0) is 9.59 Å². The SMILES string of the molecule is Cc1cc(C)cc(NC(=O)C2CC(=O)Nc3nc(-c4cccnc4)nn32)c1. The molecule has 0 aliphatic carbocycles. The third-order valence-electron chi connectivity index (χ3n) is 4.27. The van der Waals surface area contributed by atoms with E-state index in [2.05, 4.69) is 25.7 Å². The van der Waals surface area contributed by atoms with Crippen LogP contribution in [0.2, 0.25) is 0 Å². The van der Waals surface area contributed by atoms with Crippen molar-refractivity contribution in [3.8, 4) is 11.4 Å². The van der Waals surface area contributed by atoms with E-state index in [4.69, 9.17) is 0 Å². The Labute approximate surface area is 155 Å². The summed E-state index contributed by atoms with van der Waals surface area (Å²) in [5.41, 5.74) is 3.50. The average molecular weight is 362 g/mol. The zero-order valence-corrected chi connectivity index (χ0v) is 14.9. The molecule has 3 aromatic rings. The van der Waals surface area contributed by atoms with Crippen LogP contribution >= 0.6 is 0 Å². The van der Waals surface area contributed by atoms with Crippen molar-refractivity contribution in [1.29, 1.82) is 0 Å². The molecule has 2 amide bonds. The van der Waals surface area contributed by atoms with E-state index in [9.17, 15) is 9.59 Å². The smallest absolute Gasteiger partial charge is 0.249 e. The Kier molecular flexibility index (Phi) is 4.15. The van der Waals surface area contributed by atoms with Crippen LogP contribution in [0.25, 0.3) is 11.4 Å². The minimum absolute atomic E-state index is 0.000525. The summed E-state index contributed by atoms with van der Waals surface area (Å²) in [4.78, 5) is 33.3. The lowest BCUT2D eigenvalue weighted by Gasteiger charge is -2.22. The molecule has 4 rings (SSSR count). The van der Waals surface area contributed by atoms with Gasteiger partial charge in [0.2, 0.25) is 17.8 Å². The van der Waals surface area contributed by atoms with Crippen LogP contribution < -0.4 is 10.6 Å². The molecule has 1 aliphatic rings. The first-order valence-corrected chi connectivity index (χ1v) is 8.55. The number of hydrogen-bond acceptors (Lipinski definition) is 5. The number of rotatable bonds is 3. The number of aryl methyl sites for hydroxylation is 2. The minimum Gasteiger partial charge on any atom is -0.324 e. The van der Waals surface area contributed by atoms with Crippen molar-refractivity contribution in [1.82, 2.24) is 19.7 Å². The predicted octanol–water partition coefficient (Wildman–Crippen LogP) is 2.48. The van der Waals surface area contributed by atoms with Gasteiger partial charge in [-0.15, -0.1) is 5.10 Å². The average Bonchev–Trinajstić information content (AvgIpc) is 3.04. The molecule has 1 aromatic carbocycles.